The zero-order chi connectivity index (χ0) is 23.6. The van der Waals surface area contributed by atoms with Gasteiger partial charge in [-0.25, -0.2) is 4.89 Å². The van der Waals surface area contributed by atoms with Crippen LogP contribution in [0.5, 0.6) is 0 Å². The average Bonchev–Trinajstić information content (AvgIpc) is 2.68. The SMILES string of the molecule is C=C(C)C/C=C/C(C)(C)OO.C=C(C)CCOC1C=C(CO)C2CC(=O)C(C)=CC2O1. The molecule has 6 heteroatoms. The monoisotopic (exact) mass is 434 g/mol. The Morgan fingerprint density at radius 2 is 1.97 bits per heavy atom. The Morgan fingerprint density at radius 1 is 1.29 bits per heavy atom. The maximum Gasteiger partial charge on any atom is 0.177 e. The molecule has 31 heavy (non-hydrogen) atoms. The number of ether oxygens (including phenoxy) is 2. The van der Waals surface area contributed by atoms with Gasteiger partial charge in [0.15, 0.2) is 12.1 Å². The Balaban J connectivity index is 0.000000373. The van der Waals surface area contributed by atoms with Crippen molar-refractivity contribution in [1.82, 2.24) is 0 Å². The van der Waals surface area contributed by atoms with E-state index >= 15 is 0 Å². The number of hydrogen-bond donors (Lipinski definition) is 2. The van der Waals surface area contributed by atoms with Crippen molar-refractivity contribution in [3.8, 4) is 0 Å². The summed E-state index contributed by atoms with van der Waals surface area (Å²) in [5.41, 5.74) is 3.12. The fourth-order valence-corrected chi connectivity index (χ4v) is 3.08. The number of allylic oxidation sites excluding steroid dienone is 3. The number of Topliss-reactive ketones (excluding diaryl/α,β-unsaturated/α-hetero) is 1. The lowest BCUT2D eigenvalue weighted by molar-refractivity contribution is -0.297. The van der Waals surface area contributed by atoms with Gasteiger partial charge >= 0.3 is 0 Å². The third-order valence-electron chi connectivity index (χ3n) is 4.99. The molecule has 0 saturated carbocycles. The fourth-order valence-electron chi connectivity index (χ4n) is 3.08. The predicted octanol–water partition coefficient (Wildman–Crippen LogP) is 4.93. The Bertz CT molecular complexity index is 728. The van der Waals surface area contributed by atoms with Gasteiger partial charge < -0.3 is 14.6 Å². The summed E-state index contributed by atoms with van der Waals surface area (Å²) >= 11 is 0. The first-order valence-corrected chi connectivity index (χ1v) is 10.6. The minimum absolute atomic E-state index is 0.0582. The molecule has 0 aromatic heterocycles. The zero-order valence-corrected chi connectivity index (χ0v) is 19.5. The molecule has 0 bridgehead atoms. The van der Waals surface area contributed by atoms with E-state index in [4.69, 9.17) is 14.7 Å². The van der Waals surface area contributed by atoms with Gasteiger partial charge in [-0.05, 0) is 70.8 Å². The summed E-state index contributed by atoms with van der Waals surface area (Å²) < 4.78 is 11.5. The minimum Gasteiger partial charge on any atom is -0.392 e. The molecule has 3 unspecified atom stereocenters. The number of aliphatic hydroxyl groups is 1. The summed E-state index contributed by atoms with van der Waals surface area (Å²) in [5, 5.41) is 17.9. The maximum atomic E-state index is 11.8. The van der Waals surface area contributed by atoms with Gasteiger partial charge in [0.2, 0.25) is 0 Å². The average molecular weight is 435 g/mol. The number of ketones is 1. The van der Waals surface area contributed by atoms with Gasteiger partial charge in [-0.15, -0.1) is 6.58 Å². The standard InChI is InChI=1S/C16H22O4.C9H16O2/c1-10(2)4-5-19-16-7-12(9-17)13-8-14(18)11(3)6-15(13)20-16;1-8(2)6-5-7-9(3,4)11-10/h6-7,13,15-17H,1,4-5,8-9H2,2-3H3;5,7,10H,1,6H2,2-4H3/b;7-5+. The molecular weight excluding hydrogens is 396 g/mol. The van der Waals surface area contributed by atoms with E-state index in [-0.39, 0.29) is 24.4 Å². The molecule has 0 fully saturated rings. The van der Waals surface area contributed by atoms with Crippen LogP contribution in [0.4, 0.5) is 0 Å². The van der Waals surface area contributed by atoms with Gasteiger partial charge in [-0.3, -0.25) is 10.1 Å². The first kappa shape index (κ1) is 27.2. The van der Waals surface area contributed by atoms with E-state index in [2.05, 4.69) is 18.0 Å². The van der Waals surface area contributed by atoms with E-state index in [0.717, 1.165) is 35.1 Å². The van der Waals surface area contributed by atoms with Gasteiger partial charge in [0.25, 0.3) is 0 Å². The van der Waals surface area contributed by atoms with Crippen LogP contribution in [-0.4, -0.2) is 47.4 Å². The van der Waals surface area contributed by atoms with Crippen LogP contribution in [0.15, 0.2) is 59.8 Å². The Morgan fingerprint density at radius 3 is 2.52 bits per heavy atom. The molecule has 2 aliphatic rings. The summed E-state index contributed by atoms with van der Waals surface area (Å²) in [6, 6.07) is 0. The number of rotatable bonds is 9. The normalized spacial score (nSPS) is 23.5. The number of hydrogen-bond acceptors (Lipinski definition) is 6. The van der Waals surface area contributed by atoms with Crippen LogP contribution in [0.1, 0.15) is 53.9 Å². The zero-order valence-electron chi connectivity index (χ0n) is 19.5. The van der Waals surface area contributed by atoms with Crippen LogP contribution in [-0.2, 0) is 19.2 Å². The maximum absolute atomic E-state index is 11.8. The van der Waals surface area contributed by atoms with E-state index in [1.165, 1.54) is 0 Å². The van der Waals surface area contributed by atoms with Crippen molar-refractivity contribution in [2.24, 2.45) is 5.92 Å². The van der Waals surface area contributed by atoms with E-state index in [1.807, 2.05) is 32.1 Å². The highest BCUT2D eigenvalue weighted by molar-refractivity contribution is 5.96. The Kier molecular flexibility index (Phi) is 11.3. The lowest BCUT2D eigenvalue weighted by atomic mass is 9.80. The summed E-state index contributed by atoms with van der Waals surface area (Å²) in [4.78, 5) is 16.0. The molecule has 1 heterocycles. The quantitative estimate of drug-likeness (QED) is 0.304. The summed E-state index contributed by atoms with van der Waals surface area (Å²) in [6.07, 6.45) is 8.73. The summed E-state index contributed by atoms with van der Waals surface area (Å²) in [5.74, 6) is 0.0630. The van der Waals surface area contributed by atoms with Crippen LogP contribution in [0, 0.1) is 5.92 Å². The molecule has 0 aromatic rings. The molecule has 3 atom stereocenters. The van der Waals surface area contributed by atoms with Crippen molar-refractivity contribution < 1.29 is 29.5 Å². The smallest absolute Gasteiger partial charge is 0.177 e. The van der Waals surface area contributed by atoms with E-state index in [0.29, 0.717) is 13.0 Å². The number of carbonyl (C=O) groups is 1. The lowest BCUT2D eigenvalue weighted by Gasteiger charge is -2.36. The van der Waals surface area contributed by atoms with Crippen LogP contribution < -0.4 is 0 Å². The van der Waals surface area contributed by atoms with Crippen molar-refractivity contribution in [1.29, 1.82) is 0 Å². The predicted molar refractivity (Wildman–Crippen MR) is 122 cm³/mol. The molecule has 0 aromatic carbocycles. The Labute approximate surface area is 186 Å². The molecular formula is C25H38O6. The van der Waals surface area contributed by atoms with Crippen molar-refractivity contribution >= 4 is 5.78 Å². The molecule has 2 rings (SSSR count). The van der Waals surface area contributed by atoms with Crippen LogP contribution in [0.2, 0.25) is 0 Å². The highest BCUT2D eigenvalue weighted by Gasteiger charge is 2.36. The highest BCUT2D eigenvalue weighted by atomic mass is 17.1. The second kappa shape index (κ2) is 12.9. The molecule has 2 N–H and O–H groups in total. The Hall–Kier alpha value is -1.83. The molecule has 0 amide bonds. The van der Waals surface area contributed by atoms with E-state index in [1.54, 1.807) is 26.8 Å². The summed E-state index contributed by atoms with van der Waals surface area (Å²) in [7, 11) is 0. The molecule has 0 spiro atoms. The van der Waals surface area contributed by atoms with Gasteiger partial charge in [0, 0.05) is 12.3 Å². The molecule has 1 aliphatic carbocycles. The second-order valence-electron chi connectivity index (χ2n) is 8.79. The van der Waals surface area contributed by atoms with Crippen molar-refractivity contribution in [3.05, 3.63) is 59.8 Å². The van der Waals surface area contributed by atoms with E-state index in [9.17, 15) is 9.90 Å². The van der Waals surface area contributed by atoms with Crippen molar-refractivity contribution in [2.75, 3.05) is 13.2 Å². The third kappa shape index (κ3) is 9.89. The molecule has 0 saturated heterocycles. The van der Waals surface area contributed by atoms with Crippen LogP contribution in [0.25, 0.3) is 0 Å². The lowest BCUT2D eigenvalue weighted by Crippen LogP contribution is -2.39. The minimum atomic E-state index is -0.588. The first-order valence-electron chi connectivity index (χ1n) is 10.6. The first-order chi connectivity index (χ1) is 14.5. The van der Waals surface area contributed by atoms with Gasteiger partial charge in [-0.2, -0.15) is 0 Å². The van der Waals surface area contributed by atoms with Gasteiger partial charge in [0.05, 0.1) is 19.3 Å². The fraction of sp³-hybridized carbons (Fsp3) is 0.560. The van der Waals surface area contributed by atoms with Crippen LogP contribution in [0.3, 0.4) is 0 Å². The van der Waals surface area contributed by atoms with E-state index < -0.39 is 11.9 Å². The van der Waals surface area contributed by atoms with Gasteiger partial charge in [0.1, 0.15) is 5.60 Å². The topological polar surface area (TPSA) is 85.2 Å². The number of carbonyl (C=O) groups excluding carboxylic acids is 1. The third-order valence-corrected chi connectivity index (χ3v) is 4.99. The van der Waals surface area contributed by atoms with Crippen molar-refractivity contribution in [3.63, 3.8) is 0 Å². The number of fused-ring (bicyclic) bond motifs is 1. The van der Waals surface area contributed by atoms with Crippen molar-refractivity contribution in [2.45, 2.75) is 71.9 Å². The largest absolute Gasteiger partial charge is 0.392 e. The second-order valence-corrected chi connectivity index (χ2v) is 8.79. The molecule has 174 valence electrons. The molecule has 0 radical (unpaired) electrons. The number of aliphatic hydroxyl groups excluding tert-OH is 1. The highest BCUT2D eigenvalue weighted by Crippen LogP contribution is 2.34. The summed E-state index contributed by atoms with van der Waals surface area (Å²) in [6.45, 7) is 17.3. The van der Waals surface area contributed by atoms with Gasteiger partial charge in [-0.1, -0.05) is 29.9 Å². The van der Waals surface area contributed by atoms with Crippen LogP contribution >= 0.6 is 0 Å². The molecule has 6 nitrogen and oxygen atoms in total. The molecule has 1 aliphatic heterocycles.